The van der Waals surface area contributed by atoms with Gasteiger partial charge in [0, 0.05) is 17.7 Å². The summed E-state index contributed by atoms with van der Waals surface area (Å²) in [4.78, 5) is 4.91. The van der Waals surface area contributed by atoms with Gasteiger partial charge in [-0.3, -0.25) is 4.98 Å². The van der Waals surface area contributed by atoms with Crippen molar-refractivity contribution in [2.24, 2.45) is 5.92 Å². The Morgan fingerprint density at radius 1 is 0.667 bits per heavy atom. The molecule has 1 aromatic heterocycles. The number of pyridine rings is 1. The number of aromatic nitrogens is 1. The van der Waals surface area contributed by atoms with Gasteiger partial charge in [0.2, 0.25) is 0 Å². The molecule has 2 aliphatic rings. The van der Waals surface area contributed by atoms with E-state index in [9.17, 15) is 0 Å². The highest BCUT2D eigenvalue weighted by Crippen LogP contribution is 2.54. The van der Waals surface area contributed by atoms with Crippen molar-refractivity contribution in [3.8, 4) is 33.5 Å². The van der Waals surface area contributed by atoms with E-state index in [1.807, 2.05) is 12.3 Å². The van der Waals surface area contributed by atoms with Crippen LogP contribution in [-0.4, -0.2) is 4.98 Å². The second-order valence-corrected chi connectivity index (χ2v) is 11.4. The third-order valence-electron chi connectivity index (χ3n) is 9.11. The zero-order chi connectivity index (χ0) is 28.0. The zero-order valence-corrected chi connectivity index (χ0v) is 23.7. The van der Waals surface area contributed by atoms with E-state index >= 15 is 0 Å². The minimum absolute atomic E-state index is 0.346. The molecule has 0 saturated carbocycles. The number of allylic oxidation sites excluding steroid dienone is 5. The summed E-state index contributed by atoms with van der Waals surface area (Å²) in [6, 6.07) is 39.7. The van der Waals surface area contributed by atoms with Crippen molar-refractivity contribution in [2.45, 2.75) is 19.3 Å². The maximum absolute atomic E-state index is 4.91. The Hall–Kier alpha value is -5.01. The summed E-state index contributed by atoms with van der Waals surface area (Å²) < 4.78 is 0. The van der Waals surface area contributed by atoms with Crippen molar-refractivity contribution in [1.82, 2.24) is 4.98 Å². The predicted octanol–water partition coefficient (Wildman–Crippen LogP) is 11.0. The Kier molecular flexibility index (Phi) is 5.96. The second kappa shape index (κ2) is 10.1. The van der Waals surface area contributed by atoms with E-state index in [1.165, 1.54) is 66.1 Å². The van der Waals surface area contributed by atoms with Gasteiger partial charge in [0.25, 0.3) is 0 Å². The van der Waals surface area contributed by atoms with Crippen LogP contribution in [0.3, 0.4) is 0 Å². The Morgan fingerprint density at radius 3 is 2.10 bits per heavy atom. The third kappa shape index (κ3) is 3.89. The normalized spacial score (nSPS) is 17.2. The molecule has 0 spiro atoms. The molecule has 2 aliphatic carbocycles. The molecule has 2 atom stereocenters. The van der Waals surface area contributed by atoms with Gasteiger partial charge in [0.15, 0.2) is 0 Å². The molecular weight excluding hydrogens is 506 g/mol. The lowest BCUT2D eigenvalue weighted by Gasteiger charge is -2.36. The van der Waals surface area contributed by atoms with Crippen LogP contribution in [0.2, 0.25) is 0 Å². The van der Waals surface area contributed by atoms with Crippen LogP contribution in [0, 0.1) is 5.92 Å². The molecule has 0 aliphatic heterocycles. The van der Waals surface area contributed by atoms with Gasteiger partial charge in [0.05, 0.1) is 5.69 Å². The fourth-order valence-corrected chi connectivity index (χ4v) is 7.28. The Balaban J connectivity index is 1.58. The minimum atomic E-state index is 0.346. The maximum Gasteiger partial charge on any atom is 0.0714 e. The molecule has 200 valence electrons. The number of hydrogen-bond acceptors (Lipinski definition) is 1. The van der Waals surface area contributed by atoms with Crippen molar-refractivity contribution in [3.05, 3.63) is 156 Å². The predicted molar refractivity (Wildman–Crippen MR) is 178 cm³/mol. The van der Waals surface area contributed by atoms with Crippen LogP contribution in [0.15, 0.2) is 145 Å². The first-order chi connectivity index (χ1) is 20.8. The Labute approximate surface area is 247 Å². The standard InChI is InChI=1S/C41H31N/c1-2-31-32-19-9-8-18-30(32)26-37-39(38-22-12-13-23-42-38)33-20-10-11-21-34(33)41(40(31)37)36-25-29-17-7-6-16-28(29)24-35(36)27-14-4-3-5-15-27/h3-26,31-32H,2H2,1H3. The zero-order valence-electron chi connectivity index (χ0n) is 23.7. The summed E-state index contributed by atoms with van der Waals surface area (Å²) in [6.07, 6.45) is 14.5. The molecular formula is C41H31N. The van der Waals surface area contributed by atoms with Gasteiger partial charge < -0.3 is 0 Å². The fraction of sp³-hybridized carbons (Fsp3) is 0.0976. The van der Waals surface area contributed by atoms with E-state index in [-0.39, 0.29) is 0 Å². The van der Waals surface area contributed by atoms with E-state index in [2.05, 4.69) is 140 Å². The average Bonchev–Trinajstić information content (AvgIpc) is 3.06. The summed E-state index contributed by atoms with van der Waals surface area (Å²) in [5.74, 6) is 0.697. The molecule has 0 amide bonds. The molecule has 0 bridgehead atoms. The van der Waals surface area contributed by atoms with Crippen molar-refractivity contribution in [3.63, 3.8) is 0 Å². The second-order valence-electron chi connectivity index (χ2n) is 11.4. The van der Waals surface area contributed by atoms with E-state index in [1.54, 1.807) is 0 Å². The molecule has 2 unspecified atom stereocenters. The van der Waals surface area contributed by atoms with Gasteiger partial charge in [-0.1, -0.05) is 122 Å². The lowest BCUT2D eigenvalue weighted by atomic mass is 9.67. The minimum Gasteiger partial charge on any atom is -0.256 e. The van der Waals surface area contributed by atoms with Crippen molar-refractivity contribution in [2.75, 3.05) is 0 Å². The SMILES string of the molecule is CCC1c2c(c(-c3ccccn3)c3ccccc3c2-c2cc3ccccc3cc2-c2ccccc2)C=C2C=CC=CC21. The molecule has 6 aromatic rings. The Morgan fingerprint density at radius 2 is 1.36 bits per heavy atom. The number of rotatable bonds is 4. The van der Waals surface area contributed by atoms with E-state index in [4.69, 9.17) is 4.98 Å². The average molecular weight is 538 g/mol. The molecule has 1 heteroatoms. The van der Waals surface area contributed by atoms with E-state index in [0.29, 0.717) is 11.8 Å². The number of hydrogen-bond donors (Lipinski definition) is 0. The van der Waals surface area contributed by atoms with Crippen LogP contribution in [0.5, 0.6) is 0 Å². The van der Waals surface area contributed by atoms with Crippen LogP contribution in [-0.2, 0) is 0 Å². The summed E-state index contributed by atoms with van der Waals surface area (Å²) >= 11 is 0. The lowest BCUT2D eigenvalue weighted by Crippen LogP contribution is -2.20. The largest absolute Gasteiger partial charge is 0.256 e. The van der Waals surface area contributed by atoms with Crippen LogP contribution in [0.1, 0.15) is 30.4 Å². The molecule has 8 rings (SSSR count). The first-order valence-electron chi connectivity index (χ1n) is 15.0. The summed E-state index contributed by atoms with van der Waals surface area (Å²) in [5, 5.41) is 5.06. The number of fused-ring (bicyclic) bond motifs is 4. The highest BCUT2D eigenvalue weighted by atomic mass is 14.7. The van der Waals surface area contributed by atoms with Gasteiger partial charge in [-0.05, 0) is 97.1 Å². The summed E-state index contributed by atoms with van der Waals surface area (Å²) in [6.45, 7) is 2.35. The molecule has 0 saturated heterocycles. The van der Waals surface area contributed by atoms with Gasteiger partial charge >= 0.3 is 0 Å². The van der Waals surface area contributed by atoms with Crippen LogP contribution >= 0.6 is 0 Å². The van der Waals surface area contributed by atoms with Gasteiger partial charge in [-0.25, -0.2) is 0 Å². The summed E-state index contributed by atoms with van der Waals surface area (Å²) in [5.41, 5.74) is 11.6. The monoisotopic (exact) mass is 537 g/mol. The first kappa shape index (κ1) is 24.8. The molecule has 0 N–H and O–H groups in total. The quantitative estimate of drug-likeness (QED) is 0.218. The highest BCUT2D eigenvalue weighted by molar-refractivity contribution is 6.13. The molecule has 1 heterocycles. The fourth-order valence-electron chi connectivity index (χ4n) is 7.28. The molecule has 1 nitrogen and oxygen atoms in total. The van der Waals surface area contributed by atoms with Gasteiger partial charge in [0.1, 0.15) is 0 Å². The van der Waals surface area contributed by atoms with Gasteiger partial charge in [-0.2, -0.15) is 0 Å². The van der Waals surface area contributed by atoms with Gasteiger partial charge in [-0.15, -0.1) is 0 Å². The van der Waals surface area contributed by atoms with Crippen LogP contribution < -0.4 is 0 Å². The smallest absolute Gasteiger partial charge is 0.0714 e. The van der Waals surface area contributed by atoms with Crippen LogP contribution in [0.25, 0.3) is 61.1 Å². The van der Waals surface area contributed by atoms with E-state index in [0.717, 1.165) is 12.1 Å². The maximum atomic E-state index is 4.91. The molecule has 42 heavy (non-hydrogen) atoms. The summed E-state index contributed by atoms with van der Waals surface area (Å²) in [7, 11) is 0. The van der Waals surface area contributed by atoms with Crippen molar-refractivity contribution < 1.29 is 0 Å². The highest BCUT2D eigenvalue weighted by Gasteiger charge is 2.35. The molecule has 0 fully saturated rings. The van der Waals surface area contributed by atoms with Crippen molar-refractivity contribution >= 4 is 27.6 Å². The number of nitrogens with zero attached hydrogens (tertiary/aromatic N) is 1. The molecule has 5 aromatic carbocycles. The first-order valence-corrected chi connectivity index (χ1v) is 15.0. The van der Waals surface area contributed by atoms with Crippen LogP contribution in [0.4, 0.5) is 0 Å². The van der Waals surface area contributed by atoms with Crippen molar-refractivity contribution in [1.29, 1.82) is 0 Å². The topological polar surface area (TPSA) is 12.9 Å². The van der Waals surface area contributed by atoms with E-state index < -0.39 is 0 Å². The molecule has 0 radical (unpaired) electrons. The third-order valence-corrected chi connectivity index (χ3v) is 9.11. The number of benzene rings is 5. The lowest BCUT2D eigenvalue weighted by molar-refractivity contribution is 0.554. The Bertz CT molecular complexity index is 2060.